The number of piperazine rings is 1. The van der Waals surface area contributed by atoms with Gasteiger partial charge in [0.25, 0.3) is 5.91 Å². The molecule has 13 nitrogen and oxygen atoms in total. The number of amides is 3. The zero-order chi connectivity index (χ0) is 31.0. The van der Waals surface area contributed by atoms with Crippen molar-refractivity contribution in [3.63, 3.8) is 0 Å². The summed E-state index contributed by atoms with van der Waals surface area (Å²) in [7, 11) is 0. The molecule has 3 aromatic rings. The Bertz CT molecular complexity index is 1410. The van der Waals surface area contributed by atoms with Crippen LogP contribution in [0.1, 0.15) is 51.0 Å². The van der Waals surface area contributed by atoms with Gasteiger partial charge in [0.15, 0.2) is 11.6 Å². The summed E-state index contributed by atoms with van der Waals surface area (Å²) >= 11 is 0. The number of nitrogens with one attached hydrogen (secondary N) is 1. The molecule has 0 spiro atoms. The number of carbonyl (C=O) groups is 4. The van der Waals surface area contributed by atoms with E-state index in [1.165, 1.54) is 15.6 Å². The van der Waals surface area contributed by atoms with Crippen molar-refractivity contribution in [2.24, 2.45) is 0 Å². The van der Waals surface area contributed by atoms with Crippen LogP contribution in [-0.4, -0.2) is 97.9 Å². The Morgan fingerprint density at radius 1 is 0.977 bits per heavy atom. The molecule has 0 bridgehead atoms. The van der Waals surface area contributed by atoms with Crippen molar-refractivity contribution in [2.45, 2.75) is 52.2 Å². The predicted molar refractivity (Wildman–Crippen MR) is 156 cm³/mol. The van der Waals surface area contributed by atoms with Gasteiger partial charge in [0.05, 0.1) is 6.61 Å². The first-order valence-electron chi connectivity index (χ1n) is 14.2. The minimum absolute atomic E-state index is 0.0141. The molecule has 1 aliphatic heterocycles. The lowest BCUT2D eigenvalue weighted by Gasteiger charge is -2.36. The summed E-state index contributed by atoms with van der Waals surface area (Å²) in [5.41, 5.74) is 0.0326. The van der Waals surface area contributed by atoms with Crippen molar-refractivity contribution >= 4 is 23.9 Å². The average Bonchev–Trinajstić information content (AvgIpc) is 3.54. The summed E-state index contributed by atoms with van der Waals surface area (Å²) in [6.45, 7) is 8.35. The Hall–Kier alpha value is -4.81. The van der Waals surface area contributed by atoms with Crippen LogP contribution in [0.15, 0.2) is 54.9 Å². The lowest BCUT2D eigenvalue weighted by atomic mass is 10.1. The highest BCUT2D eigenvalue weighted by molar-refractivity contribution is 5.97. The fourth-order valence-electron chi connectivity index (χ4n) is 4.48. The minimum Gasteiger partial charge on any atom is -0.460 e. The van der Waals surface area contributed by atoms with Crippen molar-refractivity contribution in [1.82, 2.24) is 34.9 Å². The van der Waals surface area contributed by atoms with Crippen LogP contribution < -0.4 is 5.32 Å². The maximum Gasteiger partial charge on any atom is 0.409 e. The van der Waals surface area contributed by atoms with E-state index in [-0.39, 0.29) is 57.2 Å². The Balaban J connectivity index is 1.56. The van der Waals surface area contributed by atoms with E-state index in [9.17, 15) is 19.2 Å². The molecule has 1 atom stereocenters. The van der Waals surface area contributed by atoms with Crippen LogP contribution in [-0.2, 0) is 19.1 Å². The van der Waals surface area contributed by atoms with Gasteiger partial charge in [-0.2, -0.15) is 5.10 Å². The Kier molecular flexibility index (Phi) is 10.1. The number of benzene rings is 1. The van der Waals surface area contributed by atoms with Gasteiger partial charge in [0.2, 0.25) is 5.91 Å². The number of carbonyl (C=O) groups excluding carboxylic acids is 4. The number of esters is 1. The van der Waals surface area contributed by atoms with Gasteiger partial charge in [-0.15, -0.1) is 0 Å². The Morgan fingerprint density at radius 3 is 2.30 bits per heavy atom. The number of ether oxygens (including phenoxy) is 2. The average molecular weight is 592 g/mol. The molecule has 0 radical (unpaired) electrons. The molecule has 4 rings (SSSR count). The molecule has 0 saturated carbocycles. The van der Waals surface area contributed by atoms with Gasteiger partial charge in [-0.3, -0.25) is 14.4 Å². The molecular formula is C30H37N7O6. The molecule has 0 unspecified atom stereocenters. The van der Waals surface area contributed by atoms with Crippen LogP contribution in [0.5, 0.6) is 0 Å². The normalized spacial score (nSPS) is 14.1. The van der Waals surface area contributed by atoms with Gasteiger partial charge in [-0.25, -0.2) is 19.4 Å². The zero-order valence-corrected chi connectivity index (χ0v) is 24.9. The summed E-state index contributed by atoms with van der Waals surface area (Å²) in [6.07, 6.45) is 2.78. The third kappa shape index (κ3) is 8.60. The van der Waals surface area contributed by atoms with Crippen molar-refractivity contribution in [1.29, 1.82) is 0 Å². The van der Waals surface area contributed by atoms with Crippen LogP contribution in [0, 0.1) is 0 Å². The van der Waals surface area contributed by atoms with E-state index in [0.29, 0.717) is 17.2 Å². The Labute approximate surface area is 250 Å². The standard InChI is InChI=1S/C30H37N7O6/c1-5-42-29(41)36-18-16-35(17-19-36)28(40)22(12-13-25(38)43-30(2,3)4)33-27(39)23-20-24(37-15-9-14-31-37)34-26(32-23)21-10-7-6-8-11-21/h6-11,14-15,20,22H,5,12-13,16-19H2,1-4H3,(H,33,39)/t22-/m0/s1. The van der Waals surface area contributed by atoms with Gasteiger partial charge in [0, 0.05) is 56.6 Å². The predicted octanol–water partition coefficient (Wildman–Crippen LogP) is 2.85. The first-order chi connectivity index (χ1) is 20.5. The molecule has 2 aromatic heterocycles. The monoisotopic (exact) mass is 591 g/mol. The van der Waals surface area contributed by atoms with Crippen LogP contribution in [0.4, 0.5) is 4.79 Å². The summed E-state index contributed by atoms with van der Waals surface area (Å²) in [5.74, 6) is -0.784. The van der Waals surface area contributed by atoms with Crippen molar-refractivity contribution < 1.29 is 28.7 Å². The number of aromatic nitrogens is 4. The van der Waals surface area contributed by atoms with E-state index in [1.54, 1.807) is 51.1 Å². The molecule has 1 aromatic carbocycles. The fourth-order valence-corrected chi connectivity index (χ4v) is 4.48. The van der Waals surface area contributed by atoms with Gasteiger partial charge in [-0.05, 0) is 40.2 Å². The molecule has 43 heavy (non-hydrogen) atoms. The largest absolute Gasteiger partial charge is 0.460 e. The lowest BCUT2D eigenvalue weighted by molar-refractivity contribution is -0.155. The number of hydrogen-bond acceptors (Lipinski definition) is 9. The van der Waals surface area contributed by atoms with E-state index < -0.39 is 29.6 Å². The fraction of sp³-hybridized carbons (Fsp3) is 0.433. The van der Waals surface area contributed by atoms with Crippen LogP contribution in [0.25, 0.3) is 17.2 Å². The molecule has 3 amide bonds. The number of rotatable bonds is 9. The summed E-state index contributed by atoms with van der Waals surface area (Å²) < 4.78 is 12.0. The van der Waals surface area contributed by atoms with Crippen molar-refractivity contribution in [3.8, 4) is 17.2 Å². The second-order valence-corrected chi connectivity index (χ2v) is 10.9. The molecule has 1 fully saturated rings. The first-order valence-corrected chi connectivity index (χ1v) is 14.2. The first kappa shape index (κ1) is 31.1. The van der Waals surface area contributed by atoms with E-state index in [1.807, 2.05) is 30.3 Å². The lowest BCUT2D eigenvalue weighted by Crippen LogP contribution is -2.56. The smallest absolute Gasteiger partial charge is 0.409 e. The van der Waals surface area contributed by atoms with Crippen LogP contribution in [0.3, 0.4) is 0 Å². The molecule has 1 saturated heterocycles. The topological polar surface area (TPSA) is 149 Å². The molecule has 0 aliphatic carbocycles. The van der Waals surface area contributed by atoms with Gasteiger partial charge >= 0.3 is 12.1 Å². The second kappa shape index (κ2) is 13.9. The maximum atomic E-state index is 13.7. The molecule has 1 aliphatic rings. The third-order valence-corrected chi connectivity index (χ3v) is 6.49. The van der Waals surface area contributed by atoms with Gasteiger partial charge in [-0.1, -0.05) is 30.3 Å². The highest BCUT2D eigenvalue weighted by atomic mass is 16.6. The van der Waals surface area contributed by atoms with Crippen molar-refractivity contribution in [2.75, 3.05) is 32.8 Å². The quantitative estimate of drug-likeness (QED) is 0.371. The highest BCUT2D eigenvalue weighted by Crippen LogP contribution is 2.18. The minimum atomic E-state index is -1.04. The van der Waals surface area contributed by atoms with Gasteiger partial charge < -0.3 is 24.6 Å². The number of nitrogens with zero attached hydrogens (tertiary/aromatic N) is 6. The second-order valence-electron chi connectivity index (χ2n) is 10.9. The van der Waals surface area contributed by atoms with Gasteiger partial charge in [0.1, 0.15) is 17.3 Å². The van der Waals surface area contributed by atoms with E-state index in [4.69, 9.17) is 9.47 Å². The summed E-state index contributed by atoms with van der Waals surface area (Å²) in [5, 5.41) is 7.02. The summed E-state index contributed by atoms with van der Waals surface area (Å²) in [4.78, 5) is 64.1. The maximum absolute atomic E-state index is 13.7. The summed E-state index contributed by atoms with van der Waals surface area (Å²) in [6, 6.07) is 11.4. The third-order valence-electron chi connectivity index (χ3n) is 6.49. The molecular weight excluding hydrogens is 554 g/mol. The zero-order valence-electron chi connectivity index (χ0n) is 24.9. The number of hydrogen-bond donors (Lipinski definition) is 1. The van der Waals surface area contributed by atoms with E-state index >= 15 is 0 Å². The van der Waals surface area contributed by atoms with Crippen molar-refractivity contribution in [3.05, 3.63) is 60.6 Å². The van der Waals surface area contributed by atoms with E-state index in [0.717, 1.165) is 0 Å². The molecule has 1 N–H and O–H groups in total. The SMILES string of the molecule is CCOC(=O)N1CCN(C(=O)[C@H](CCC(=O)OC(C)(C)C)NC(=O)c2cc(-n3cccn3)nc(-c3ccccc3)n2)CC1. The highest BCUT2D eigenvalue weighted by Gasteiger charge is 2.32. The molecule has 3 heterocycles. The molecule has 228 valence electrons. The molecule has 13 heteroatoms. The Morgan fingerprint density at radius 2 is 1.67 bits per heavy atom. The van der Waals surface area contributed by atoms with Crippen LogP contribution in [0.2, 0.25) is 0 Å². The van der Waals surface area contributed by atoms with Crippen LogP contribution >= 0.6 is 0 Å². The van der Waals surface area contributed by atoms with E-state index in [2.05, 4.69) is 20.4 Å².